The van der Waals surface area contributed by atoms with Crippen molar-refractivity contribution < 1.29 is 23.5 Å². The summed E-state index contributed by atoms with van der Waals surface area (Å²) in [5.74, 6) is -2.37. The summed E-state index contributed by atoms with van der Waals surface area (Å²) in [6.45, 7) is 5.29. The molecule has 0 aromatic heterocycles. The number of ether oxygens (including phenoxy) is 1. The third kappa shape index (κ3) is 6.56. The molecular weight excluding hydrogens is 459 g/mol. The number of halogens is 1. The molecule has 0 aliphatic rings. The van der Waals surface area contributed by atoms with Crippen LogP contribution in [0.15, 0.2) is 78.9 Å². The van der Waals surface area contributed by atoms with Crippen LogP contribution in [0, 0.1) is 11.7 Å². The van der Waals surface area contributed by atoms with Gasteiger partial charge in [-0.25, -0.2) is 4.39 Å². The standard InChI is InChI=1S/C29H31FN2O4/c1-19(2)32(25-16-14-24(30)15-17-25)28(34)26(18-20(3)29(35)36-4)31-27(33)23-12-10-22(11-13-23)21-8-6-5-7-9-21/h5-17,19-20,26H,18H2,1-4H3,(H,31,33)/t20-,26-/m0/s1. The minimum absolute atomic E-state index is 0.0454. The summed E-state index contributed by atoms with van der Waals surface area (Å²) in [6.07, 6.45) is 0.0454. The van der Waals surface area contributed by atoms with E-state index in [2.05, 4.69) is 5.32 Å². The van der Waals surface area contributed by atoms with Gasteiger partial charge in [0, 0.05) is 17.3 Å². The molecule has 1 N–H and O–H groups in total. The van der Waals surface area contributed by atoms with E-state index in [9.17, 15) is 18.8 Å². The minimum atomic E-state index is -1.01. The fraction of sp³-hybridized carbons (Fsp3) is 0.276. The first kappa shape index (κ1) is 26.6. The van der Waals surface area contributed by atoms with Gasteiger partial charge in [0.05, 0.1) is 13.0 Å². The molecule has 0 aliphatic carbocycles. The second kappa shape index (κ2) is 12.1. The first-order chi connectivity index (χ1) is 17.2. The van der Waals surface area contributed by atoms with Crippen molar-refractivity contribution in [3.63, 3.8) is 0 Å². The second-order valence-corrected chi connectivity index (χ2v) is 8.91. The molecule has 2 amide bonds. The monoisotopic (exact) mass is 490 g/mol. The number of amides is 2. The van der Waals surface area contributed by atoms with E-state index in [0.29, 0.717) is 11.3 Å². The largest absolute Gasteiger partial charge is 0.469 e. The lowest BCUT2D eigenvalue weighted by Gasteiger charge is -2.32. The van der Waals surface area contributed by atoms with E-state index >= 15 is 0 Å². The number of carbonyl (C=O) groups excluding carboxylic acids is 3. The normalized spacial score (nSPS) is 12.5. The lowest BCUT2D eigenvalue weighted by molar-refractivity contribution is -0.145. The molecule has 0 fully saturated rings. The minimum Gasteiger partial charge on any atom is -0.469 e. The molecule has 3 aromatic carbocycles. The Kier molecular flexibility index (Phi) is 8.95. The smallest absolute Gasteiger partial charge is 0.308 e. The zero-order chi connectivity index (χ0) is 26.2. The Morgan fingerprint density at radius 3 is 2.00 bits per heavy atom. The predicted octanol–water partition coefficient (Wildman–Crippen LogP) is 5.23. The van der Waals surface area contributed by atoms with Gasteiger partial charge in [0.25, 0.3) is 5.91 Å². The Labute approximate surface area is 211 Å². The number of methoxy groups -OCH3 is 1. The molecule has 0 saturated carbocycles. The number of nitrogens with zero attached hydrogens (tertiary/aromatic N) is 1. The molecular formula is C29H31FN2O4. The van der Waals surface area contributed by atoms with E-state index in [1.807, 2.05) is 56.3 Å². The van der Waals surface area contributed by atoms with Gasteiger partial charge in [0.1, 0.15) is 11.9 Å². The summed E-state index contributed by atoms with van der Waals surface area (Å²) < 4.78 is 18.3. The Balaban J connectivity index is 1.86. The fourth-order valence-corrected chi connectivity index (χ4v) is 4.01. The van der Waals surface area contributed by atoms with E-state index in [1.54, 1.807) is 19.1 Å². The van der Waals surface area contributed by atoms with E-state index in [-0.39, 0.29) is 12.5 Å². The highest BCUT2D eigenvalue weighted by Crippen LogP contribution is 2.22. The Morgan fingerprint density at radius 2 is 1.44 bits per heavy atom. The molecule has 0 aliphatic heterocycles. The number of anilines is 1. The van der Waals surface area contributed by atoms with Gasteiger partial charge in [-0.05, 0) is 67.8 Å². The van der Waals surface area contributed by atoms with E-state index in [0.717, 1.165) is 11.1 Å². The fourth-order valence-electron chi connectivity index (χ4n) is 4.01. The number of esters is 1. The van der Waals surface area contributed by atoms with Crippen molar-refractivity contribution in [3.05, 3.63) is 90.2 Å². The second-order valence-electron chi connectivity index (χ2n) is 8.91. The first-order valence-electron chi connectivity index (χ1n) is 11.8. The van der Waals surface area contributed by atoms with Crippen LogP contribution in [0.25, 0.3) is 11.1 Å². The Bertz CT molecular complexity index is 1180. The summed E-state index contributed by atoms with van der Waals surface area (Å²) in [5.41, 5.74) is 2.86. The van der Waals surface area contributed by atoms with Crippen LogP contribution in [-0.4, -0.2) is 37.0 Å². The lowest BCUT2D eigenvalue weighted by atomic mass is 9.99. The van der Waals surface area contributed by atoms with Crippen LogP contribution >= 0.6 is 0 Å². The summed E-state index contributed by atoms with van der Waals surface area (Å²) >= 11 is 0. The highest BCUT2D eigenvalue weighted by Gasteiger charge is 2.32. The van der Waals surface area contributed by atoms with Crippen molar-refractivity contribution in [2.75, 3.05) is 12.0 Å². The van der Waals surface area contributed by atoms with Crippen molar-refractivity contribution >= 4 is 23.5 Å². The summed E-state index contributed by atoms with van der Waals surface area (Å²) in [6, 6.07) is 21.2. The van der Waals surface area contributed by atoms with Crippen LogP contribution < -0.4 is 10.2 Å². The molecule has 188 valence electrons. The Hall–Kier alpha value is -4.00. The molecule has 0 unspecified atom stereocenters. The zero-order valence-corrected chi connectivity index (χ0v) is 20.9. The summed E-state index contributed by atoms with van der Waals surface area (Å²) in [7, 11) is 1.28. The van der Waals surface area contributed by atoms with Gasteiger partial charge >= 0.3 is 5.97 Å². The maximum Gasteiger partial charge on any atom is 0.308 e. The summed E-state index contributed by atoms with van der Waals surface area (Å²) in [4.78, 5) is 40.4. The third-order valence-electron chi connectivity index (χ3n) is 5.91. The highest BCUT2D eigenvalue weighted by molar-refractivity contribution is 6.03. The molecule has 0 spiro atoms. The lowest BCUT2D eigenvalue weighted by Crippen LogP contribution is -2.52. The van der Waals surface area contributed by atoms with E-state index in [4.69, 9.17) is 4.74 Å². The maximum atomic E-state index is 13.7. The van der Waals surface area contributed by atoms with Gasteiger partial charge in [0.15, 0.2) is 0 Å². The molecule has 6 nitrogen and oxygen atoms in total. The van der Waals surface area contributed by atoms with Crippen LogP contribution in [0.4, 0.5) is 10.1 Å². The average Bonchev–Trinajstić information content (AvgIpc) is 2.89. The molecule has 3 rings (SSSR count). The molecule has 0 bridgehead atoms. The molecule has 3 aromatic rings. The quantitative estimate of drug-likeness (QED) is 0.417. The van der Waals surface area contributed by atoms with Crippen LogP contribution in [0.1, 0.15) is 37.6 Å². The van der Waals surface area contributed by atoms with Gasteiger partial charge in [-0.15, -0.1) is 0 Å². The number of hydrogen-bond donors (Lipinski definition) is 1. The van der Waals surface area contributed by atoms with Crippen molar-refractivity contribution in [2.24, 2.45) is 5.92 Å². The first-order valence-corrected chi connectivity index (χ1v) is 11.8. The topological polar surface area (TPSA) is 75.7 Å². The van der Waals surface area contributed by atoms with Gasteiger partial charge < -0.3 is 15.0 Å². The molecule has 2 atom stereocenters. The van der Waals surface area contributed by atoms with E-state index in [1.165, 1.54) is 36.3 Å². The average molecular weight is 491 g/mol. The molecule has 36 heavy (non-hydrogen) atoms. The van der Waals surface area contributed by atoms with Crippen molar-refractivity contribution in [1.29, 1.82) is 0 Å². The number of rotatable bonds is 9. The van der Waals surface area contributed by atoms with Gasteiger partial charge in [-0.1, -0.05) is 49.4 Å². The van der Waals surface area contributed by atoms with Crippen LogP contribution in [0.2, 0.25) is 0 Å². The third-order valence-corrected chi connectivity index (χ3v) is 5.91. The van der Waals surface area contributed by atoms with Gasteiger partial charge in [-0.2, -0.15) is 0 Å². The molecule has 7 heteroatoms. The molecule has 0 saturated heterocycles. The number of nitrogens with one attached hydrogen (secondary N) is 1. The van der Waals surface area contributed by atoms with Gasteiger partial charge in [0.2, 0.25) is 5.91 Å². The van der Waals surface area contributed by atoms with Crippen LogP contribution in [0.3, 0.4) is 0 Å². The van der Waals surface area contributed by atoms with Crippen LogP contribution in [-0.2, 0) is 14.3 Å². The number of hydrogen-bond acceptors (Lipinski definition) is 4. The van der Waals surface area contributed by atoms with E-state index < -0.39 is 35.6 Å². The number of benzene rings is 3. The van der Waals surface area contributed by atoms with Crippen molar-refractivity contribution in [1.82, 2.24) is 5.32 Å². The van der Waals surface area contributed by atoms with Crippen molar-refractivity contribution in [3.8, 4) is 11.1 Å². The summed E-state index contributed by atoms with van der Waals surface area (Å²) in [5, 5.41) is 2.81. The van der Waals surface area contributed by atoms with Crippen LogP contribution in [0.5, 0.6) is 0 Å². The Morgan fingerprint density at radius 1 is 0.861 bits per heavy atom. The SMILES string of the molecule is COC(=O)[C@@H](C)C[C@H](NC(=O)c1ccc(-c2ccccc2)cc1)C(=O)N(c1ccc(F)cc1)C(C)C. The maximum absolute atomic E-state index is 13.7. The predicted molar refractivity (Wildman–Crippen MR) is 138 cm³/mol. The number of carbonyl (C=O) groups is 3. The van der Waals surface area contributed by atoms with Gasteiger partial charge in [-0.3, -0.25) is 14.4 Å². The molecule has 0 heterocycles. The molecule has 0 radical (unpaired) electrons. The van der Waals surface area contributed by atoms with Crippen molar-refractivity contribution in [2.45, 2.75) is 39.3 Å². The zero-order valence-electron chi connectivity index (χ0n) is 20.9. The highest BCUT2D eigenvalue weighted by atomic mass is 19.1.